The molecule has 2 fully saturated rings. The Morgan fingerprint density at radius 3 is 2.39 bits per heavy atom. The number of amides is 2. The first-order valence-electron chi connectivity index (χ1n) is 12.3. The fraction of sp³-hybridized carbons (Fsp3) is 0.462. The lowest BCUT2D eigenvalue weighted by molar-refractivity contribution is -0.128. The summed E-state index contributed by atoms with van der Waals surface area (Å²) in [7, 11) is -3.78. The van der Waals surface area contributed by atoms with Crippen molar-refractivity contribution in [3.8, 4) is 0 Å². The van der Waals surface area contributed by atoms with E-state index in [0.29, 0.717) is 18.0 Å². The number of nitrogens with zero attached hydrogens (tertiary/aromatic N) is 4. The van der Waals surface area contributed by atoms with Gasteiger partial charge in [0.2, 0.25) is 15.9 Å². The number of furan rings is 1. The van der Waals surface area contributed by atoms with Crippen molar-refractivity contribution in [2.45, 2.75) is 26.4 Å². The molecular formula is C26H32N4O5S. The molecule has 192 valence electrons. The summed E-state index contributed by atoms with van der Waals surface area (Å²) >= 11 is 0. The molecule has 0 bridgehead atoms. The van der Waals surface area contributed by atoms with Crippen LogP contribution < -0.4 is 4.90 Å². The maximum Gasteiger partial charge on any atom is 0.290 e. The summed E-state index contributed by atoms with van der Waals surface area (Å²) in [4.78, 5) is 32.6. The number of hydrogen-bond acceptors (Lipinski definition) is 7. The van der Waals surface area contributed by atoms with Crippen LogP contribution in [0.15, 0.2) is 58.7 Å². The van der Waals surface area contributed by atoms with Crippen LogP contribution in [0.25, 0.3) is 0 Å². The number of carbonyl (C=O) groups excluding carboxylic acids is 2. The zero-order valence-corrected chi connectivity index (χ0v) is 21.6. The molecule has 36 heavy (non-hydrogen) atoms. The summed E-state index contributed by atoms with van der Waals surface area (Å²) < 4.78 is 31.5. The number of anilines is 1. The molecule has 0 spiro atoms. The Hall–Kier alpha value is -3.11. The quantitative estimate of drug-likeness (QED) is 0.587. The molecule has 0 N–H and O–H groups in total. The number of fused-ring (bicyclic) bond motifs is 1. The summed E-state index contributed by atoms with van der Waals surface area (Å²) in [5.41, 5.74) is 1.60. The standard InChI is InChI=1S/C26H32N4O5S/c1-18(2)23-24-21(30(26(23)32)36(3,33)34)11-12-29(24)25(31)22-10-9-20(35-22)17-27-13-15-28(16-14-27)19-7-5-4-6-8-19/h4-11,18,23-24H,12-17H2,1-3H3/t23-,24+/m1/s1. The van der Waals surface area contributed by atoms with E-state index in [0.717, 1.165) is 36.7 Å². The van der Waals surface area contributed by atoms with Crippen LogP contribution in [0.1, 0.15) is 30.2 Å². The molecule has 2 amide bonds. The average Bonchev–Trinajstić information content (AvgIpc) is 3.53. The van der Waals surface area contributed by atoms with Gasteiger partial charge >= 0.3 is 0 Å². The normalized spacial score (nSPS) is 22.9. The van der Waals surface area contributed by atoms with Crippen molar-refractivity contribution in [2.75, 3.05) is 43.9 Å². The fourth-order valence-corrected chi connectivity index (χ4v) is 6.54. The largest absolute Gasteiger partial charge is 0.455 e. The van der Waals surface area contributed by atoms with E-state index in [4.69, 9.17) is 4.42 Å². The first-order chi connectivity index (χ1) is 17.1. The molecule has 0 unspecified atom stereocenters. The number of sulfonamides is 1. The number of benzene rings is 1. The second-order valence-corrected chi connectivity index (χ2v) is 11.9. The lowest BCUT2D eigenvalue weighted by atomic mass is 9.89. The highest BCUT2D eigenvalue weighted by Gasteiger charge is 2.55. The molecular weight excluding hydrogens is 480 g/mol. The van der Waals surface area contributed by atoms with Crippen LogP contribution in [0.4, 0.5) is 5.69 Å². The van der Waals surface area contributed by atoms with E-state index in [-0.39, 0.29) is 24.1 Å². The summed E-state index contributed by atoms with van der Waals surface area (Å²) in [6.45, 7) is 8.20. The van der Waals surface area contributed by atoms with E-state index in [1.165, 1.54) is 5.69 Å². The number of carbonyl (C=O) groups is 2. The maximum absolute atomic E-state index is 13.4. The van der Waals surface area contributed by atoms with Gasteiger partial charge in [-0.15, -0.1) is 0 Å². The Balaban J connectivity index is 1.25. The molecule has 2 saturated heterocycles. The van der Waals surface area contributed by atoms with E-state index in [1.807, 2.05) is 38.1 Å². The summed E-state index contributed by atoms with van der Waals surface area (Å²) in [6.07, 6.45) is 2.69. The van der Waals surface area contributed by atoms with Gasteiger partial charge in [-0.25, -0.2) is 12.7 Å². The molecule has 3 aliphatic heterocycles. The van der Waals surface area contributed by atoms with Gasteiger partial charge in [0.05, 0.1) is 30.5 Å². The summed E-state index contributed by atoms with van der Waals surface area (Å²) in [6, 6.07) is 13.2. The van der Waals surface area contributed by atoms with Gasteiger partial charge in [-0.05, 0) is 36.3 Å². The first-order valence-corrected chi connectivity index (χ1v) is 14.2. The van der Waals surface area contributed by atoms with E-state index in [1.54, 1.807) is 17.0 Å². The van der Waals surface area contributed by atoms with Crippen LogP contribution in [0.5, 0.6) is 0 Å². The SMILES string of the molecule is CC(C)[C@H]1C(=O)N(S(C)(=O)=O)C2=CCN(C(=O)c3ccc(CN4CCN(c5ccccc5)CC4)o3)[C@@H]21. The molecule has 1 aromatic heterocycles. The van der Waals surface area contributed by atoms with Crippen molar-refractivity contribution >= 4 is 27.5 Å². The zero-order chi connectivity index (χ0) is 25.6. The van der Waals surface area contributed by atoms with Crippen LogP contribution in [0.2, 0.25) is 0 Å². The summed E-state index contributed by atoms with van der Waals surface area (Å²) in [5.74, 6) is -0.647. The molecule has 2 atom stereocenters. The molecule has 5 rings (SSSR count). The van der Waals surface area contributed by atoms with Gasteiger partial charge in [-0.2, -0.15) is 0 Å². The third kappa shape index (κ3) is 4.43. The van der Waals surface area contributed by atoms with Crippen molar-refractivity contribution in [1.82, 2.24) is 14.1 Å². The van der Waals surface area contributed by atoms with Crippen LogP contribution in [-0.4, -0.2) is 79.4 Å². The average molecular weight is 513 g/mol. The van der Waals surface area contributed by atoms with Crippen LogP contribution in [0, 0.1) is 11.8 Å². The molecule has 2 aromatic rings. The van der Waals surface area contributed by atoms with Gasteiger partial charge in [-0.3, -0.25) is 14.5 Å². The van der Waals surface area contributed by atoms with Gasteiger partial charge in [-0.1, -0.05) is 32.0 Å². The molecule has 0 aliphatic carbocycles. The molecule has 0 saturated carbocycles. The number of hydrogen-bond donors (Lipinski definition) is 0. The predicted molar refractivity (Wildman–Crippen MR) is 136 cm³/mol. The molecule has 0 radical (unpaired) electrons. The van der Waals surface area contributed by atoms with Crippen LogP contribution in [0.3, 0.4) is 0 Å². The molecule has 1 aromatic carbocycles. The first kappa shape index (κ1) is 24.6. The molecule has 10 heteroatoms. The maximum atomic E-state index is 13.4. The van der Waals surface area contributed by atoms with Crippen molar-refractivity contribution in [1.29, 1.82) is 0 Å². The second-order valence-electron chi connectivity index (χ2n) is 10.0. The van der Waals surface area contributed by atoms with Crippen molar-refractivity contribution in [3.05, 3.63) is 65.8 Å². The molecule has 4 heterocycles. The molecule has 9 nitrogen and oxygen atoms in total. The lowest BCUT2D eigenvalue weighted by Gasteiger charge is -2.35. The minimum atomic E-state index is -3.78. The fourth-order valence-electron chi connectivity index (χ4n) is 5.52. The third-order valence-electron chi connectivity index (χ3n) is 7.25. The third-order valence-corrected chi connectivity index (χ3v) is 8.31. The number of rotatable bonds is 6. The second kappa shape index (κ2) is 9.40. The van der Waals surface area contributed by atoms with Crippen molar-refractivity contribution < 1.29 is 22.4 Å². The number of para-hydroxylation sites is 1. The Morgan fingerprint density at radius 2 is 1.75 bits per heavy atom. The number of piperazine rings is 1. The monoisotopic (exact) mass is 512 g/mol. The topological polar surface area (TPSA) is 94.4 Å². The highest BCUT2D eigenvalue weighted by Crippen LogP contribution is 2.41. The van der Waals surface area contributed by atoms with Gasteiger partial charge < -0.3 is 14.2 Å². The Morgan fingerprint density at radius 1 is 1.06 bits per heavy atom. The highest BCUT2D eigenvalue weighted by molar-refractivity contribution is 7.89. The van der Waals surface area contributed by atoms with Gasteiger partial charge in [0.15, 0.2) is 5.76 Å². The minimum Gasteiger partial charge on any atom is -0.455 e. The van der Waals surface area contributed by atoms with E-state index < -0.39 is 27.9 Å². The predicted octanol–water partition coefficient (Wildman–Crippen LogP) is 2.38. The van der Waals surface area contributed by atoms with Crippen molar-refractivity contribution in [2.24, 2.45) is 11.8 Å². The van der Waals surface area contributed by atoms with Crippen LogP contribution in [-0.2, 0) is 21.4 Å². The van der Waals surface area contributed by atoms with Gasteiger partial charge in [0.25, 0.3) is 5.91 Å². The van der Waals surface area contributed by atoms with Crippen LogP contribution >= 0.6 is 0 Å². The van der Waals surface area contributed by atoms with Gasteiger partial charge in [0.1, 0.15) is 5.76 Å². The van der Waals surface area contributed by atoms with E-state index >= 15 is 0 Å². The zero-order valence-electron chi connectivity index (χ0n) is 20.8. The minimum absolute atomic E-state index is 0.132. The Labute approximate surface area is 212 Å². The highest BCUT2D eigenvalue weighted by atomic mass is 32.2. The Bertz CT molecular complexity index is 1280. The Kier molecular flexibility index (Phi) is 6.42. The lowest BCUT2D eigenvalue weighted by Crippen LogP contribution is -2.45. The molecule has 3 aliphatic rings. The van der Waals surface area contributed by atoms with Gasteiger partial charge in [0, 0.05) is 38.4 Å². The van der Waals surface area contributed by atoms with Crippen molar-refractivity contribution in [3.63, 3.8) is 0 Å². The summed E-state index contributed by atoms with van der Waals surface area (Å²) in [5, 5.41) is 0. The smallest absolute Gasteiger partial charge is 0.290 e. The van der Waals surface area contributed by atoms with E-state index in [9.17, 15) is 18.0 Å². The van der Waals surface area contributed by atoms with E-state index in [2.05, 4.69) is 21.9 Å².